The summed E-state index contributed by atoms with van der Waals surface area (Å²) >= 11 is 0. The summed E-state index contributed by atoms with van der Waals surface area (Å²) in [6.07, 6.45) is 32.1. The highest BCUT2D eigenvalue weighted by Gasteiger charge is 2.08. The summed E-state index contributed by atoms with van der Waals surface area (Å²) in [5, 5.41) is 0. The Balaban J connectivity index is 3.30. The molecule has 39 heavy (non-hydrogen) atoms. The molecule has 0 saturated heterocycles. The van der Waals surface area contributed by atoms with Gasteiger partial charge in [0.25, 0.3) is 0 Å². The maximum Gasteiger partial charge on any atom is 0.305 e. The molecule has 0 heterocycles. The Morgan fingerprint density at radius 1 is 0.436 bits per heavy atom. The van der Waals surface area contributed by atoms with Crippen LogP contribution < -0.4 is 0 Å². The van der Waals surface area contributed by atoms with Crippen molar-refractivity contribution in [2.45, 2.75) is 194 Å². The fraction of sp³-hybridized carbons (Fsp3) is 0.943. The first-order valence-corrected chi connectivity index (χ1v) is 17.4. The molecule has 1 atom stereocenters. The van der Waals surface area contributed by atoms with Crippen molar-refractivity contribution in [2.75, 3.05) is 13.2 Å². The lowest BCUT2D eigenvalue weighted by atomic mass is 9.97. The third-order valence-electron chi connectivity index (χ3n) is 7.94. The van der Waals surface area contributed by atoms with Crippen LogP contribution in [-0.2, 0) is 19.1 Å². The van der Waals surface area contributed by atoms with Crippen molar-refractivity contribution < 1.29 is 19.1 Å². The van der Waals surface area contributed by atoms with Gasteiger partial charge in [0, 0.05) is 12.8 Å². The van der Waals surface area contributed by atoms with E-state index in [1.807, 2.05) is 0 Å². The highest BCUT2D eigenvalue weighted by molar-refractivity contribution is 5.69. The number of esters is 2. The molecule has 0 spiro atoms. The minimum absolute atomic E-state index is 0.000685. The van der Waals surface area contributed by atoms with E-state index in [1.165, 1.54) is 128 Å². The minimum atomic E-state index is -0.00304. The molecule has 0 aliphatic carbocycles. The van der Waals surface area contributed by atoms with Crippen molar-refractivity contribution in [3.05, 3.63) is 0 Å². The highest BCUT2D eigenvalue weighted by Crippen LogP contribution is 2.18. The van der Waals surface area contributed by atoms with E-state index in [1.54, 1.807) is 0 Å². The van der Waals surface area contributed by atoms with Gasteiger partial charge in [0.1, 0.15) is 0 Å². The largest absolute Gasteiger partial charge is 0.466 e. The fourth-order valence-electron chi connectivity index (χ4n) is 5.14. The average Bonchev–Trinajstić information content (AvgIpc) is 2.93. The van der Waals surface area contributed by atoms with E-state index < -0.39 is 0 Å². The second-order valence-electron chi connectivity index (χ2n) is 12.0. The van der Waals surface area contributed by atoms with Crippen LogP contribution in [0.15, 0.2) is 0 Å². The lowest BCUT2D eigenvalue weighted by Gasteiger charge is -2.11. The number of hydrogen-bond donors (Lipinski definition) is 0. The summed E-state index contributed by atoms with van der Waals surface area (Å²) in [6, 6.07) is 0. The molecule has 232 valence electrons. The van der Waals surface area contributed by atoms with Gasteiger partial charge in [-0.25, -0.2) is 0 Å². The number of carbonyl (C=O) groups is 2. The van der Waals surface area contributed by atoms with Gasteiger partial charge in [-0.2, -0.15) is 0 Å². The Hall–Kier alpha value is -1.06. The van der Waals surface area contributed by atoms with E-state index in [0.717, 1.165) is 32.1 Å². The molecular weight excluding hydrogens is 484 g/mol. The molecule has 0 amide bonds. The van der Waals surface area contributed by atoms with Gasteiger partial charge in [0.05, 0.1) is 13.2 Å². The second kappa shape index (κ2) is 31.5. The van der Waals surface area contributed by atoms with Crippen LogP contribution in [0, 0.1) is 5.92 Å². The molecule has 0 rings (SSSR count). The topological polar surface area (TPSA) is 52.6 Å². The van der Waals surface area contributed by atoms with Crippen LogP contribution in [0.1, 0.15) is 194 Å². The van der Waals surface area contributed by atoms with E-state index in [-0.39, 0.29) is 11.9 Å². The quantitative estimate of drug-likeness (QED) is 0.0634. The second-order valence-corrected chi connectivity index (χ2v) is 12.0. The summed E-state index contributed by atoms with van der Waals surface area (Å²) in [5.74, 6) is 0.616. The fourth-order valence-corrected chi connectivity index (χ4v) is 5.14. The molecule has 1 unspecified atom stereocenters. The highest BCUT2D eigenvalue weighted by atomic mass is 16.5. The van der Waals surface area contributed by atoms with Crippen LogP contribution in [0.5, 0.6) is 0 Å². The molecule has 0 aromatic heterocycles. The number of ether oxygens (including phenoxy) is 2. The van der Waals surface area contributed by atoms with Crippen LogP contribution in [0.2, 0.25) is 0 Å². The van der Waals surface area contributed by atoms with Crippen molar-refractivity contribution in [2.24, 2.45) is 5.92 Å². The van der Waals surface area contributed by atoms with Gasteiger partial charge >= 0.3 is 11.9 Å². The van der Waals surface area contributed by atoms with E-state index >= 15 is 0 Å². The average molecular weight is 553 g/mol. The summed E-state index contributed by atoms with van der Waals surface area (Å²) in [7, 11) is 0. The lowest BCUT2D eigenvalue weighted by molar-refractivity contribution is -0.144. The summed E-state index contributed by atoms with van der Waals surface area (Å²) < 4.78 is 10.7. The molecule has 4 nitrogen and oxygen atoms in total. The van der Waals surface area contributed by atoms with E-state index in [0.29, 0.717) is 32.0 Å². The van der Waals surface area contributed by atoms with Gasteiger partial charge in [-0.15, -0.1) is 0 Å². The summed E-state index contributed by atoms with van der Waals surface area (Å²) in [4.78, 5) is 23.7. The van der Waals surface area contributed by atoms with Gasteiger partial charge in [0.2, 0.25) is 0 Å². The van der Waals surface area contributed by atoms with Crippen LogP contribution in [0.3, 0.4) is 0 Å². The normalized spacial score (nSPS) is 12.0. The zero-order chi connectivity index (χ0) is 28.7. The van der Waals surface area contributed by atoms with Gasteiger partial charge in [-0.1, -0.05) is 156 Å². The van der Waals surface area contributed by atoms with Crippen molar-refractivity contribution in [3.8, 4) is 0 Å². The third-order valence-corrected chi connectivity index (χ3v) is 7.94. The Morgan fingerprint density at radius 3 is 1.26 bits per heavy atom. The SMILES string of the molecule is CCCCCCCCOC(=O)CCCCCCCCCCCCCC(C)CCC(=O)OCCCCCCCC. The molecular formula is C35H68O4. The lowest BCUT2D eigenvalue weighted by Crippen LogP contribution is -2.08. The summed E-state index contributed by atoms with van der Waals surface area (Å²) in [5.41, 5.74) is 0. The Morgan fingerprint density at radius 2 is 0.795 bits per heavy atom. The molecule has 0 radical (unpaired) electrons. The standard InChI is InChI=1S/C35H68O4/c1-4-6-8-10-21-25-31-38-34(36)28-24-20-18-16-14-12-13-15-17-19-23-27-33(3)29-30-35(37)39-32-26-22-11-9-7-5-2/h33H,4-32H2,1-3H3. The van der Waals surface area contributed by atoms with Gasteiger partial charge in [-0.3, -0.25) is 9.59 Å². The smallest absolute Gasteiger partial charge is 0.305 e. The monoisotopic (exact) mass is 553 g/mol. The molecule has 0 saturated carbocycles. The number of hydrogen-bond acceptors (Lipinski definition) is 4. The van der Waals surface area contributed by atoms with Crippen molar-refractivity contribution in [1.82, 2.24) is 0 Å². The van der Waals surface area contributed by atoms with Gasteiger partial charge in [-0.05, 0) is 31.6 Å². The molecule has 0 aliphatic heterocycles. The van der Waals surface area contributed by atoms with Crippen molar-refractivity contribution in [1.29, 1.82) is 0 Å². The maximum atomic E-state index is 11.9. The van der Waals surface area contributed by atoms with E-state index in [9.17, 15) is 9.59 Å². The van der Waals surface area contributed by atoms with Crippen molar-refractivity contribution in [3.63, 3.8) is 0 Å². The molecule has 0 aromatic carbocycles. The van der Waals surface area contributed by atoms with Gasteiger partial charge < -0.3 is 9.47 Å². The molecule has 0 aliphatic rings. The first kappa shape index (κ1) is 37.9. The summed E-state index contributed by atoms with van der Waals surface area (Å²) in [6.45, 7) is 7.96. The van der Waals surface area contributed by atoms with E-state index in [4.69, 9.17) is 9.47 Å². The Bertz CT molecular complexity index is 519. The Kier molecular flexibility index (Phi) is 30.6. The molecule has 0 aromatic rings. The molecule has 4 heteroatoms. The van der Waals surface area contributed by atoms with Crippen LogP contribution in [0.4, 0.5) is 0 Å². The van der Waals surface area contributed by atoms with Crippen LogP contribution in [0.25, 0.3) is 0 Å². The zero-order valence-corrected chi connectivity index (χ0v) is 26.7. The van der Waals surface area contributed by atoms with Crippen LogP contribution in [-0.4, -0.2) is 25.2 Å². The number of rotatable bonds is 31. The third kappa shape index (κ3) is 31.3. The number of unbranched alkanes of at least 4 members (excludes halogenated alkanes) is 20. The van der Waals surface area contributed by atoms with Crippen molar-refractivity contribution >= 4 is 11.9 Å². The first-order chi connectivity index (χ1) is 19.1. The maximum absolute atomic E-state index is 11.9. The van der Waals surface area contributed by atoms with E-state index in [2.05, 4.69) is 20.8 Å². The molecule has 0 fully saturated rings. The molecule has 0 bridgehead atoms. The predicted octanol–water partition coefficient (Wildman–Crippen LogP) is 11.3. The zero-order valence-electron chi connectivity index (χ0n) is 26.7. The Labute approximate surface area is 244 Å². The molecule has 0 N–H and O–H groups in total. The number of carbonyl (C=O) groups excluding carboxylic acids is 2. The minimum Gasteiger partial charge on any atom is -0.466 e. The van der Waals surface area contributed by atoms with Crippen LogP contribution >= 0.6 is 0 Å². The first-order valence-electron chi connectivity index (χ1n) is 17.4. The predicted molar refractivity (Wildman–Crippen MR) is 167 cm³/mol. The van der Waals surface area contributed by atoms with Gasteiger partial charge in [0.15, 0.2) is 0 Å².